The number of hydrogen-bond acceptors (Lipinski definition) is 7. The van der Waals surface area contributed by atoms with Crippen molar-refractivity contribution >= 4 is 5.95 Å². The lowest BCUT2D eigenvalue weighted by Crippen LogP contribution is -2.33. The number of aromatic nitrogens is 4. The molecule has 2 aromatic heterocycles. The van der Waals surface area contributed by atoms with Crippen molar-refractivity contribution in [3.05, 3.63) is 30.2 Å². The first kappa shape index (κ1) is 12.7. The molecule has 0 N–H and O–H groups in total. The van der Waals surface area contributed by atoms with Crippen LogP contribution in [0.15, 0.2) is 23.0 Å². The highest BCUT2D eigenvalue weighted by Gasteiger charge is 2.44. The Morgan fingerprint density at radius 2 is 2.05 bits per heavy atom. The number of anilines is 1. The number of rotatable bonds is 2. The summed E-state index contributed by atoms with van der Waals surface area (Å²) < 4.78 is 11.1. The molecule has 0 saturated carbocycles. The molecule has 0 amide bonds. The lowest BCUT2D eigenvalue weighted by atomic mass is 9.83. The summed E-state index contributed by atoms with van der Waals surface area (Å²) in [5.41, 5.74) is 0. The van der Waals surface area contributed by atoms with Crippen LogP contribution < -0.4 is 4.90 Å². The van der Waals surface area contributed by atoms with E-state index in [0.29, 0.717) is 30.2 Å². The van der Waals surface area contributed by atoms with Crippen LogP contribution in [0.2, 0.25) is 0 Å². The van der Waals surface area contributed by atoms with Crippen LogP contribution in [0, 0.1) is 18.8 Å². The average molecular weight is 287 g/mol. The molecule has 2 aromatic rings. The molecule has 2 fully saturated rings. The molecule has 0 bridgehead atoms. The Morgan fingerprint density at radius 3 is 2.81 bits per heavy atom. The van der Waals surface area contributed by atoms with E-state index in [4.69, 9.17) is 9.26 Å². The highest BCUT2D eigenvalue weighted by Crippen LogP contribution is 2.39. The van der Waals surface area contributed by atoms with Gasteiger partial charge < -0.3 is 14.2 Å². The van der Waals surface area contributed by atoms with Gasteiger partial charge in [-0.25, -0.2) is 9.97 Å². The van der Waals surface area contributed by atoms with Crippen molar-refractivity contribution in [3.63, 3.8) is 0 Å². The van der Waals surface area contributed by atoms with E-state index in [1.807, 2.05) is 13.0 Å². The zero-order chi connectivity index (χ0) is 14.2. The number of hydrogen-bond donors (Lipinski definition) is 0. The van der Waals surface area contributed by atoms with E-state index in [9.17, 15) is 0 Å². The molecule has 0 unspecified atom stereocenters. The molecule has 110 valence electrons. The molecule has 21 heavy (non-hydrogen) atoms. The maximum absolute atomic E-state index is 5.75. The smallest absolute Gasteiger partial charge is 0.232 e. The van der Waals surface area contributed by atoms with Gasteiger partial charge in [0.15, 0.2) is 5.82 Å². The number of nitrogens with zero attached hydrogens (tertiary/aromatic N) is 5. The SMILES string of the molecule is Cc1noc([C@@H]2COC[C@@H]3CN(c4ncccn4)C[C@@H]32)n1. The van der Waals surface area contributed by atoms with Gasteiger partial charge in [0, 0.05) is 31.4 Å². The van der Waals surface area contributed by atoms with Crippen molar-refractivity contribution in [1.82, 2.24) is 20.1 Å². The van der Waals surface area contributed by atoms with Crippen LogP contribution in [-0.2, 0) is 4.74 Å². The predicted octanol–water partition coefficient (Wildman–Crippen LogP) is 1.03. The summed E-state index contributed by atoms with van der Waals surface area (Å²) in [6.45, 7) is 5.08. The van der Waals surface area contributed by atoms with Crippen molar-refractivity contribution in [2.24, 2.45) is 11.8 Å². The molecule has 4 heterocycles. The van der Waals surface area contributed by atoms with E-state index in [2.05, 4.69) is 25.0 Å². The van der Waals surface area contributed by atoms with Crippen molar-refractivity contribution < 1.29 is 9.26 Å². The van der Waals surface area contributed by atoms with Crippen molar-refractivity contribution in [2.75, 3.05) is 31.2 Å². The molecule has 0 radical (unpaired) electrons. The minimum absolute atomic E-state index is 0.165. The molecule has 7 nitrogen and oxygen atoms in total. The van der Waals surface area contributed by atoms with Gasteiger partial charge in [0.25, 0.3) is 0 Å². The molecule has 2 aliphatic heterocycles. The first-order valence-corrected chi connectivity index (χ1v) is 7.21. The molecule has 0 spiro atoms. The second-order valence-electron chi connectivity index (χ2n) is 5.70. The van der Waals surface area contributed by atoms with Gasteiger partial charge in [0.2, 0.25) is 11.8 Å². The van der Waals surface area contributed by atoms with Gasteiger partial charge in [0.1, 0.15) is 0 Å². The van der Waals surface area contributed by atoms with E-state index in [0.717, 1.165) is 25.6 Å². The molecule has 7 heteroatoms. The number of ether oxygens (including phenoxy) is 1. The Hall–Kier alpha value is -2.02. The topological polar surface area (TPSA) is 77.2 Å². The summed E-state index contributed by atoms with van der Waals surface area (Å²) in [7, 11) is 0. The molecule has 4 rings (SSSR count). The highest BCUT2D eigenvalue weighted by atomic mass is 16.5. The Balaban J connectivity index is 1.58. The summed E-state index contributed by atoms with van der Waals surface area (Å²) in [5, 5.41) is 3.90. The predicted molar refractivity (Wildman–Crippen MR) is 73.8 cm³/mol. The molecule has 0 aromatic carbocycles. The monoisotopic (exact) mass is 287 g/mol. The van der Waals surface area contributed by atoms with Gasteiger partial charge in [0.05, 0.1) is 19.1 Å². The van der Waals surface area contributed by atoms with Gasteiger partial charge in [-0.05, 0) is 18.9 Å². The zero-order valence-electron chi connectivity index (χ0n) is 11.8. The fourth-order valence-corrected chi connectivity index (χ4v) is 3.33. The summed E-state index contributed by atoms with van der Waals surface area (Å²) in [6, 6.07) is 1.83. The van der Waals surface area contributed by atoms with Crippen LogP contribution in [0.4, 0.5) is 5.95 Å². The largest absolute Gasteiger partial charge is 0.380 e. The molecule has 0 aliphatic carbocycles. The summed E-state index contributed by atoms with van der Waals surface area (Å²) >= 11 is 0. The standard InChI is InChI=1S/C14H17N5O2/c1-9-17-13(21-18-9)12-8-20-7-10-5-19(6-11(10)12)14-15-3-2-4-16-14/h2-4,10-12H,5-8H2,1H3/t10-,11-,12+/m0/s1. The van der Waals surface area contributed by atoms with Gasteiger partial charge >= 0.3 is 0 Å². The third kappa shape index (κ3) is 2.27. The molecule has 2 aliphatic rings. The fraction of sp³-hybridized carbons (Fsp3) is 0.571. The summed E-state index contributed by atoms with van der Waals surface area (Å²) in [5.74, 6) is 3.22. The second-order valence-corrected chi connectivity index (χ2v) is 5.70. The highest BCUT2D eigenvalue weighted by molar-refractivity contribution is 5.32. The van der Waals surface area contributed by atoms with Gasteiger partial charge in [-0.2, -0.15) is 4.98 Å². The van der Waals surface area contributed by atoms with Crippen LogP contribution in [0.3, 0.4) is 0 Å². The molecular weight excluding hydrogens is 270 g/mol. The molecule has 3 atom stereocenters. The van der Waals surface area contributed by atoms with E-state index in [-0.39, 0.29) is 5.92 Å². The summed E-state index contributed by atoms with van der Waals surface area (Å²) in [6.07, 6.45) is 3.55. The van der Waals surface area contributed by atoms with Crippen molar-refractivity contribution in [3.8, 4) is 0 Å². The normalized spacial score (nSPS) is 28.6. The zero-order valence-corrected chi connectivity index (χ0v) is 11.8. The first-order chi connectivity index (χ1) is 10.3. The lowest BCUT2D eigenvalue weighted by Gasteiger charge is -2.30. The van der Waals surface area contributed by atoms with E-state index in [1.165, 1.54) is 0 Å². The Labute approximate surface area is 122 Å². The van der Waals surface area contributed by atoms with Crippen LogP contribution in [0.25, 0.3) is 0 Å². The van der Waals surface area contributed by atoms with Crippen LogP contribution in [0.5, 0.6) is 0 Å². The van der Waals surface area contributed by atoms with E-state index >= 15 is 0 Å². The van der Waals surface area contributed by atoms with Gasteiger partial charge in [-0.1, -0.05) is 5.16 Å². The second kappa shape index (κ2) is 5.07. The third-order valence-corrected chi connectivity index (χ3v) is 4.33. The number of fused-ring (bicyclic) bond motifs is 1. The van der Waals surface area contributed by atoms with Gasteiger partial charge in [-0.3, -0.25) is 0 Å². The quantitative estimate of drug-likeness (QED) is 0.816. The Bertz CT molecular complexity index is 617. The van der Waals surface area contributed by atoms with E-state index in [1.54, 1.807) is 12.4 Å². The average Bonchev–Trinajstić information content (AvgIpc) is 3.14. The number of aryl methyl sites for hydroxylation is 1. The van der Waals surface area contributed by atoms with Crippen LogP contribution >= 0.6 is 0 Å². The lowest BCUT2D eigenvalue weighted by molar-refractivity contribution is 0.00996. The fourth-order valence-electron chi connectivity index (χ4n) is 3.33. The van der Waals surface area contributed by atoms with E-state index < -0.39 is 0 Å². The Morgan fingerprint density at radius 1 is 1.19 bits per heavy atom. The van der Waals surface area contributed by atoms with Gasteiger partial charge in [-0.15, -0.1) is 0 Å². The minimum Gasteiger partial charge on any atom is -0.380 e. The maximum atomic E-state index is 5.75. The molecular formula is C14H17N5O2. The van der Waals surface area contributed by atoms with Crippen molar-refractivity contribution in [1.29, 1.82) is 0 Å². The van der Waals surface area contributed by atoms with Crippen LogP contribution in [-0.4, -0.2) is 46.4 Å². The van der Waals surface area contributed by atoms with Crippen molar-refractivity contribution in [2.45, 2.75) is 12.8 Å². The Kier molecular flexibility index (Phi) is 3.07. The molecule has 2 saturated heterocycles. The minimum atomic E-state index is 0.165. The maximum Gasteiger partial charge on any atom is 0.232 e. The van der Waals surface area contributed by atoms with Crippen LogP contribution in [0.1, 0.15) is 17.6 Å². The third-order valence-electron chi connectivity index (χ3n) is 4.33. The summed E-state index contributed by atoms with van der Waals surface area (Å²) in [4.78, 5) is 15.3. The first-order valence-electron chi connectivity index (χ1n) is 7.21.